The van der Waals surface area contributed by atoms with Crippen LogP contribution in [0, 0.1) is 0 Å². The van der Waals surface area contributed by atoms with E-state index in [2.05, 4.69) is 0 Å². The third-order valence-electron chi connectivity index (χ3n) is 1.25. The van der Waals surface area contributed by atoms with Crippen molar-refractivity contribution < 1.29 is 48.1 Å². The number of alkyl halides is 7. The van der Waals surface area contributed by atoms with Crippen molar-refractivity contribution in [3.63, 3.8) is 0 Å². The van der Waals surface area contributed by atoms with Crippen LogP contribution in [0.2, 0.25) is 0 Å². The summed E-state index contributed by atoms with van der Waals surface area (Å²) in [7, 11) is -6.78. The summed E-state index contributed by atoms with van der Waals surface area (Å²) in [4.78, 5) is 0. The molecule has 0 spiro atoms. The van der Waals surface area contributed by atoms with E-state index in [9.17, 15) is 43.7 Å². The number of halogens is 8. The Morgan fingerprint density at radius 2 is 1.31 bits per heavy atom. The molecule has 0 saturated carbocycles. The minimum Gasteiger partial charge on any atom is -0.198 e. The Morgan fingerprint density at radius 3 is 1.56 bits per heavy atom. The molecule has 98 valence electrons. The lowest BCUT2D eigenvalue weighted by Gasteiger charge is -2.24. The molecule has 0 amide bonds. The van der Waals surface area contributed by atoms with Gasteiger partial charge in [-0.1, -0.05) is 4.39 Å². The molecule has 16 heavy (non-hydrogen) atoms. The zero-order valence-corrected chi connectivity index (χ0v) is 7.68. The van der Waals surface area contributed by atoms with Gasteiger partial charge in [0, 0.05) is 0 Å². The first-order valence-electron chi connectivity index (χ1n) is 3.14. The lowest BCUT2D eigenvalue weighted by atomic mass is 10.2. The Bertz CT molecular complexity index is 343. The molecule has 0 saturated heterocycles. The van der Waals surface area contributed by atoms with E-state index in [1.807, 2.05) is 0 Å². The minimum absolute atomic E-state index is 1.58. The second-order valence-corrected chi connectivity index (χ2v) is 4.08. The number of hydrogen-bond acceptors (Lipinski definition) is 3. The Labute approximate surface area is 83.0 Å². The maximum Gasteiger partial charge on any atom is 0.434 e. The van der Waals surface area contributed by atoms with E-state index in [4.69, 9.17) is 0 Å². The first-order valence-corrected chi connectivity index (χ1v) is 4.55. The summed E-state index contributed by atoms with van der Waals surface area (Å²) in [6.07, 6.45) is -9.20. The zero-order valence-electron chi connectivity index (χ0n) is 6.86. The zero-order chi connectivity index (χ0) is 13.4. The summed E-state index contributed by atoms with van der Waals surface area (Å²) in [5.41, 5.74) is 0. The van der Waals surface area contributed by atoms with E-state index < -0.39 is 33.9 Å². The molecule has 3 nitrogen and oxygen atoms in total. The van der Waals surface area contributed by atoms with Gasteiger partial charge in [-0.3, -0.25) is 0 Å². The van der Waals surface area contributed by atoms with Gasteiger partial charge in [0.25, 0.3) is 0 Å². The molecular formula is C4H2F8O3S. The van der Waals surface area contributed by atoms with Crippen LogP contribution < -0.4 is 0 Å². The lowest BCUT2D eigenvalue weighted by Crippen LogP contribution is -2.49. The highest BCUT2D eigenvalue weighted by molar-refractivity contribution is 7.87. The molecule has 0 fully saturated rings. The second-order valence-electron chi connectivity index (χ2n) is 2.53. The van der Waals surface area contributed by atoms with Gasteiger partial charge in [0.15, 0.2) is 0 Å². The molecule has 0 aromatic rings. The van der Waals surface area contributed by atoms with Crippen molar-refractivity contribution in [2.45, 2.75) is 23.8 Å². The summed E-state index contributed by atoms with van der Waals surface area (Å²) in [5.74, 6) is -6.05. The molecule has 0 heterocycles. The summed E-state index contributed by atoms with van der Waals surface area (Å²) in [6.45, 7) is 0. The van der Waals surface area contributed by atoms with Crippen LogP contribution in [0.5, 0.6) is 0 Å². The molecule has 0 aromatic carbocycles. The fraction of sp³-hybridized carbons (Fsp3) is 1.00. The van der Waals surface area contributed by atoms with Crippen LogP contribution in [0.25, 0.3) is 0 Å². The second kappa shape index (κ2) is 3.98. The van der Waals surface area contributed by atoms with E-state index in [0.29, 0.717) is 0 Å². The fourth-order valence-electron chi connectivity index (χ4n) is 0.577. The molecule has 0 bridgehead atoms. The van der Waals surface area contributed by atoms with Gasteiger partial charge in [0.05, 0.1) is 0 Å². The molecule has 0 atom stereocenters. The van der Waals surface area contributed by atoms with Crippen molar-refractivity contribution in [1.82, 2.24) is 0 Å². The quantitative estimate of drug-likeness (QED) is 0.744. The Morgan fingerprint density at radius 1 is 0.938 bits per heavy atom. The van der Waals surface area contributed by atoms with Crippen LogP contribution in [0.4, 0.5) is 35.3 Å². The average Bonchev–Trinajstić information content (AvgIpc) is 1.99. The van der Waals surface area contributed by atoms with Crippen molar-refractivity contribution in [3.05, 3.63) is 0 Å². The minimum atomic E-state index is -6.78. The standard InChI is InChI=1S/C4H2F8O3S/c5-2(6,1-3(7,8)9)4(10,11)16(13,14)15-12/h1H2. The molecule has 0 aliphatic carbocycles. The molecule has 0 radical (unpaired) electrons. The smallest absolute Gasteiger partial charge is 0.198 e. The number of hydrogen-bond donors (Lipinski definition) is 0. The third-order valence-corrected chi connectivity index (χ3v) is 2.34. The van der Waals surface area contributed by atoms with E-state index >= 15 is 0 Å². The predicted octanol–water partition coefficient (Wildman–Crippen LogP) is 2.40. The first-order chi connectivity index (χ1) is 6.77. The highest BCUT2D eigenvalue weighted by Gasteiger charge is 2.70. The van der Waals surface area contributed by atoms with Gasteiger partial charge in [-0.15, -0.1) is 0 Å². The average molecular weight is 282 g/mol. The summed E-state index contributed by atoms with van der Waals surface area (Å²) in [5, 5.41) is -6.33. The van der Waals surface area contributed by atoms with Crippen LogP contribution in [-0.4, -0.2) is 25.8 Å². The fourth-order valence-corrected chi connectivity index (χ4v) is 1.09. The molecule has 0 N–H and O–H groups in total. The van der Waals surface area contributed by atoms with Gasteiger partial charge in [0.2, 0.25) is 0 Å². The highest BCUT2D eigenvalue weighted by atomic mass is 32.2. The topological polar surface area (TPSA) is 43.4 Å². The summed E-state index contributed by atoms with van der Waals surface area (Å²) >= 11 is 0. The first kappa shape index (κ1) is 15.3. The largest absolute Gasteiger partial charge is 0.434 e. The Kier molecular flexibility index (Phi) is 3.82. The van der Waals surface area contributed by atoms with Crippen molar-refractivity contribution in [3.8, 4) is 0 Å². The molecule has 12 heteroatoms. The Hall–Kier alpha value is -0.650. The number of rotatable bonds is 4. The van der Waals surface area contributed by atoms with E-state index in [1.165, 1.54) is 0 Å². The van der Waals surface area contributed by atoms with E-state index in [-0.39, 0.29) is 0 Å². The van der Waals surface area contributed by atoms with Gasteiger partial charge in [-0.25, -0.2) is 0 Å². The molecule has 0 aliphatic heterocycles. The van der Waals surface area contributed by atoms with Gasteiger partial charge in [-0.05, 0) is 4.53 Å². The van der Waals surface area contributed by atoms with Crippen molar-refractivity contribution in [1.29, 1.82) is 0 Å². The van der Waals surface area contributed by atoms with Crippen molar-refractivity contribution in [2.75, 3.05) is 0 Å². The van der Waals surface area contributed by atoms with Crippen LogP contribution in [0.1, 0.15) is 6.42 Å². The van der Waals surface area contributed by atoms with Crippen molar-refractivity contribution >= 4 is 10.1 Å². The normalized spacial score (nSPS) is 15.2. The Balaban J connectivity index is 5.31. The van der Waals surface area contributed by atoms with Gasteiger partial charge in [-0.2, -0.15) is 39.2 Å². The molecule has 0 aliphatic rings. The maximum absolute atomic E-state index is 12.3. The van der Waals surface area contributed by atoms with E-state index in [0.717, 1.165) is 0 Å². The van der Waals surface area contributed by atoms with E-state index in [1.54, 1.807) is 4.39 Å². The molecule has 0 aromatic heterocycles. The van der Waals surface area contributed by atoms with Gasteiger partial charge < -0.3 is 0 Å². The molecular weight excluding hydrogens is 280 g/mol. The van der Waals surface area contributed by atoms with Crippen LogP contribution in [-0.2, 0) is 14.5 Å². The van der Waals surface area contributed by atoms with Crippen LogP contribution in [0.3, 0.4) is 0 Å². The molecule has 0 unspecified atom stereocenters. The SMILES string of the molecule is O=S(=O)(OF)C(F)(F)C(F)(F)CC(F)(F)F. The maximum atomic E-state index is 12.3. The summed E-state index contributed by atoms with van der Waals surface area (Å²) in [6, 6.07) is 0. The highest BCUT2D eigenvalue weighted by Crippen LogP contribution is 2.45. The third kappa shape index (κ3) is 2.93. The summed E-state index contributed by atoms with van der Waals surface area (Å²) < 4.78 is 116. The van der Waals surface area contributed by atoms with Crippen LogP contribution >= 0.6 is 0 Å². The van der Waals surface area contributed by atoms with Gasteiger partial charge in [0.1, 0.15) is 6.42 Å². The predicted molar refractivity (Wildman–Crippen MR) is 31.7 cm³/mol. The van der Waals surface area contributed by atoms with Crippen molar-refractivity contribution in [2.24, 2.45) is 0 Å². The monoisotopic (exact) mass is 282 g/mol. The van der Waals surface area contributed by atoms with Crippen LogP contribution in [0.15, 0.2) is 0 Å². The molecule has 0 rings (SSSR count). The van der Waals surface area contributed by atoms with Gasteiger partial charge >= 0.3 is 27.5 Å². The lowest BCUT2D eigenvalue weighted by molar-refractivity contribution is -0.239.